The Balaban J connectivity index is 0.000000945. The minimum Gasteiger partial charge on any atom is -0.494 e. The first kappa shape index (κ1) is 30.9. The molecule has 0 bridgehead atoms. The van der Waals surface area contributed by atoms with Gasteiger partial charge in [-0.25, -0.2) is 9.97 Å². The van der Waals surface area contributed by atoms with Crippen molar-refractivity contribution in [1.82, 2.24) is 24.4 Å². The van der Waals surface area contributed by atoms with Crippen molar-refractivity contribution in [2.24, 2.45) is 0 Å². The number of piperazine rings is 1. The Morgan fingerprint density at radius 1 is 0.933 bits per heavy atom. The molecule has 1 aliphatic heterocycles. The van der Waals surface area contributed by atoms with Crippen molar-refractivity contribution in [3.63, 3.8) is 0 Å². The van der Waals surface area contributed by atoms with Gasteiger partial charge < -0.3 is 25.2 Å². The van der Waals surface area contributed by atoms with Crippen molar-refractivity contribution in [2.75, 3.05) is 62.9 Å². The second kappa shape index (κ2) is 14.3. The predicted octanol–water partition coefficient (Wildman–Crippen LogP) is 4.76. The number of hydrogen-bond acceptors (Lipinski definition) is 10. The SMILES string of the molecule is C=CC=O.CNc1cccc(-n2c(=O)c(-c3ccccc3)nc3cnc(Nc4ccc(N5CCN(C)CC5)cc4OC)nc32)c1. The van der Waals surface area contributed by atoms with Crippen LogP contribution in [0.1, 0.15) is 0 Å². The molecular weight excluding hydrogens is 568 g/mol. The smallest absolute Gasteiger partial charge is 0.283 e. The van der Waals surface area contributed by atoms with Crippen LogP contribution in [0, 0.1) is 0 Å². The van der Waals surface area contributed by atoms with Gasteiger partial charge in [0.25, 0.3) is 5.56 Å². The zero-order chi connectivity index (χ0) is 31.8. The maximum atomic E-state index is 13.9. The lowest BCUT2D eigenvalue weighted by Gasteiger charge is -2.34. The van der Waals surface area contributed by atoms with Crippen LogP contribution in [0.5, 0.6) is 5.75 Å². The minimum atomic E-state index is -0.268. The Hall–Kier alpha value is -5.55. The van der Waals surface area contributed by atoms with E-state index < -0.39 is 0 Å². The largest absolute Gasteiger partial charge is 0.494 e. The highest BCUT2D eigenvalue weighted by Crippen LogP contribution is 2.32. The molecule has 6 rings (SSSR count). The molecule has 1 fully saturated rings. The molecule has 0 saturated carbocycles. The van der Waals surface area contributed by atoms with Gasteiger partial charge in [-0.05, 0) is 43.5 Å². The number of allylic oxidation sites excluding steroid dienone is 1. The number of benzene rings is 3. The van der Waals surface area contributed by atoms with Crippen molar-refractivity contribution >= 4 is 40.5 Å². The number of ether oxygens (including phenoxy) is 1. The molecule has 45 heavy (non-hydrogen) atoms. The standard InChI is InChI=1S/C31H32N8O2.C3H4O/c1-32-22-10-7-11-24(18-22)39-29-26(34-28(30(39)40)21-8-5-4-6-9-21)20-33-31(36-29)35-25-13-12-23(19-27(25)41-3)38-16-14-37(2)15-17-38;1-2-3-4/h4-13,18-20,32H,14-17H2,1-3H3,(H,33,35,36);2-3H,1H2. The van der Waals surface area contributed by atoms with Gasteiger partial charge in [0.2, 0.25) is 5.95 Å². The maximum absolute atomic E-state index is 13.9. The molecule has 3 aromatic carbocycles. The van der Waals surface area contributed by atoms with Crippen LogP contribution in [0.3, 0.4) is 0 Å². The van der Waals surface area contributed by atoms with Crippen molar-refractivity contribution < 1.29 is 9.53 Å². The molecular formula is C34H36N8O3. The van der Waals surface area contributed by atoms with Gasteiger partial charge in [0.1, 0.15) is 23.2 Å². The number of fused-ring (bicyclic) bond motifs is 1. The highest BCUT2D eigenvalue weighted by molar-refractivity contribution is 5.78. The molecule has 230 valence electrons. The van der Waals surface area contributed by atoms with E-state index in [0.717, 1.165) is 48.8 Å². The summed E-state index contributed by atoms with van der Waals surface area (Å²) in [7, 11) is 5.63. The van der Waals surface area contributed by atoms with E-state index in [1.807, 2.05) is 73.8 Å². The molecule has 2 N–H and O–H groups in total. The van der Waals surface area contributed by atoms with E-state index in [2.05, 4.69) is 50.1 Å². The molecule has 0 amide bonds. The molecule has 0 radical (unpaired) electrons. The number of rotatable bonds is 8. The Bertz CT molecular complexity index is 1840. The van der Waals surface area contributed by atoms with Crippen LogP contribution < -0.4 is 25.8 Å². The summed E-state index contributed by atoms with van der Waals surface area (Å²) in [5.74, 6) is 1.01. The molecule has 5 aromatic rings. The molecule has 1 aliphatic rings. The van der Waals surface area contributed by atoms with Crippen LogP contribution in [-0.4, -0.2) is 78.1 Å². The Labute approximate surface area is 261 Å². The highest BCUT2D eigenvalue weighted by atomic mass is 16.5. The molecule has 0 unspecified atom stereocenters. The van der Waals surface area contributed by atoms with Gasteiger partial charge in [-0.2, -0.15) is 4.98 Å². The van der Waals surface area contributed by atoms with E-state index in [4.69, 9.17) is 14.5 Å². The van der Waals surface area contributed by atoms with Gasteiger partial charge >= 0.3 is 0 Å². The summed E-state index contributed by atoms with van der Waals surface area (Å²) in [6, 6.07) is 23.1. The zero-order valence-corrected chi connectivity index (χ0v) is 25.6. The van der Waals surface area contributed by atoms with Crippen LogP contribution in [0.2, 0.25) is 0 Å². The Morgan fingerprint density at radius 3 is 2.38 bits per heavy atom. The lowest BCUT2D eigenvalue weighted by Crippen LogP contribution is -2.44. The van der Waals surface area contributed by atoms with Gasteiger partial charge in [0.15, 0.2) is 5.65 Å². The van der Waals surface area contributed by atoms with Gasteiger partial charge in [-0.15, -0.1) is 0 Å². The number of carbonyl (C=O) groups is 1. The third-order valence-electron chi connectivity index (χ3n) is 7.44. The van der Waals surface area contributed by atoms with Crippen molar-refractivity contribution in [2.45, 2.75) is 0 Å². The lowest BCUT2D eigenvalue weighted by molar-refractivity contribution is -0.104. The fourth-order valence-electron chi connectivity index (χ4n) is 5.03. The molecule has 0 spiro atoms. The van der Waals surface area contributed by atoms with Gasteiger partial charge in [0, 0.05) is 56.2 Å². The monoisotopic (exact) mass is 604 g/mol. The molecule has 3 heterocycles. The highest BCUT2D eigenvalue weighted by Gasteiger charge is 2.19. The van der Waals surface area contributed by atoms with Gasteiger partial charge in [-0.1, -0.05) is 43.0 Å². The molecule has 2 aromatic heterocycles. The summed E-state index contributed by atoms with van der Waals surface area (Å²) in [5, 5.41) is 6.43. The third-order valence-corrected chi connectivity index (χ3v) is 7.44. The minimum absolute atomic E-state index is 0.268. The fourth-order valence-corrected chi connectivity index (χ4v) is 5.03. The molecule has 0 atom stereocenters. The molecule has 11 nitrogen and oxygen atoms in total. The lowest BCUT2D eigenvalue weighted by atomic mass is 10.1. The summed E-state index contributed by atoms with van der Waals surface area (Å²) in [6.45, 7) is 7.08. The fraction of sp³-hybridized carbons (Fsp3) is 0.206. The Kier molecular flexibility index (Phi) is 9.80. The normalized spacial score (nSPS) is 13.0. The third kappa shape index (κ3) is 7.00. The van der Waals surface area contributed by atoms with E-state index in [1.54, 1.807) is 17.9 Å². The first-order chi connectivity index (χ1) is 21.9. The second-order valence-corrected chi connectivity index (χ2v) is 10.3. The van der Waals surface area contributed by atoms with E-state index in [9.17, 15) is 4.79 Å². The predicted molar refractivity (Wildman–Crippen MR) is 180 cm³/mol. The average Bonchev–Trinajstić information content (AvgIpc) is 3.09. The topological polar surface area (TPSA) is 118 Å². The zero-order valence-electron chi connectivity index (χ0n) is 25.6. The van der Waals surface area contributed by atoms with Gasteiger partial charge in [-0.3, -0.25) is 14.2 Å². The summed E-state index contributed by atoms with van der Waals surface area (Å²) >= 11 is 0. The number of aldehydes is 1. The number of nitrogens with one attached hydrogen (secondary N) is 2. The quantitative estimate of drug-likeness (QED) is 0.190. The molecule has 0 aliphatic carbocycles. The number of anilines is 4. The van der Waals surface area contributed by atoms with E-state index in [1.165, 1.54) is 6.08 Å². The van der Waals surface area contributed by atoms with E-state index in [-0.39, 0.29) is 5.56 Å². The number of hydrogen-bond donors (Lipinski definition) is 2. The van der Waals surface area contributed by atoms with Crippen LogP contribution in [0.25, 0.3) is 28.1 Å². The summed E-state index contributed by atoms with van der Waals surface area (Å²) in [5.41, 5.74) is 5.07. The molecule has 1 saturated heterocycles. The number of methoxy groups -OCH3 is 1. The number of carbonyl (C=O) groups excluding carboxylic acids is 1. The van der Waals surface area contributed by atoms with E-state index in [0.29, 0.717) is 40.5 Å². The number of nitrogens with zero attached hydrogens (tertiary/aromatic N) is 6. The summed E-state index contributed by atoms with van der Waals surface area (Å²) in [4.78, 5) is 41.7. The van der Waals surface area contributed by atoms with E-state index >= 15 is 0 Å². The first-order valence-corrected chi connectivity index (χ1v) is 14.5. The van der Waals surface area contributed by atoms with Crippen LogP contribution in [0.15, 0.2) is 96.4 Å². The molecule has 11 heteroatoms. The van der Waals surface area contributed by atoms with Crippen molar-refractivity contribution in [3.05, 3.63) is 102 Å². The second-order valence-electron chi connectivity index (χ2n) is 10.3. The van der Waals surface area contributed by atoms with Crippen LogP contribution in [-0.2, 0) is 4.79 Å². The number of aromatic nitrogens is 4. The van der Waals surface area contributed by atoms with Gasteiger partial charge in [0.05, 0.1) is 24.7 Å². The first-order valence-electron chi connectivity index (χ1n) is 14.5. The maximum Gasteiger partial charge on any atom is 0.283 e. The summed E-state index contributed by atoms with van der Waals surface area (Å²) < 4.78 is 7.32. The van der Waals surface area contributed by atoms with Crippen LogP contribution >= 0.6 is 0 Å². The van der Waals surface area contributed by atoms with Crippen molar-refractivity contribution in [1.29, 1.82) is 0 Å². The average molecular weight is 605 g/mol. The van der Waals surface area contributed by atoms with Crippen molar-refractivity contribution in [3.8, 4) is 22.7 Å². The number of likely N-dealkylation sites (N-methyl/N-ethyl adjacent to an activating group) is 1. The Morgan fingerprint density at radius 2 is 1.69 bits per heavy atom. The van der Waals surface area contributed by atoms with Crippen LogP contribution in [0.4, 0.5) is 23.0 Å². The summed E-state index contributed by atoms with van der Waals surface area (Å²) in [6.07, 6.45) is 3.47.